The number of hydrogen-bond donors (Lipinski definition) is 0. The van der Waals surface area contributed by atoms with E-state index in [-0.39, 0.29) is 5.97 Å². The molecule has 2 atom stereocenters. The Balaban J connectivity index is 2.10. The average molecular weight is 273 g/mol. The molecule has 0 amide bonds. The average Bonchev–Trinajstić information content (AvgIpc) is 2.51. The molecule has 0 spiro atoms. The minimum Gasteiger partial charge on any atom is -0.463 e. The summed E-state index contributed by atoms with van der Waals surface area (Å²) in [4.78, 5) is 13.9. The highest BCUT2D eigenvalue weighted by Crippen LogP contribution is 2.44. The van der Waals surface area contributed by atoms with Gasteiger partial charge in [-0.3, -0.25) is 0 Å². The van der Waals surface area contributed by atoms with E-state index in [9.17, 15) is 4.79 Å². The van der Waals surface area contributed by atoms with Gasteiger partial charge in [0.2, 0.25) is 0 Å². The van der Waals surface area contributed by atoms with Gasteiger partial charge in [0.15, 0.2) is 0 Å². The Bertz CT molecular complexity index is 320. The molecule has 0 bridgehead atoms. The van der Waals surface area contributed by atoms with E-state index in [1.807, 2.05) is 18.7 Å². The Labute approximate surface area is 111 Å². The zero-order chi connectivity index (χ0) is 12.3. The van der Waals surface area contributed by atoms with Crippen molar-refractivity contribution in [2.45, 2.75) is 37.3 Å². The summed E-state index contributed by atoms with van der Waals surface area (Å²) in [5, 5.41) is 2.18. The number of rotatable bonds is 2. The first kappa shape index (κ1) is 13.1. The largest absolute Gasteiger partial charge is 0.463 e. The minimum absolute atomic E-state index is 0.211. The number of ether oxygens (including phenoxy) is 1. The molecule has 0 saturated carbocycles. The summed E-state index contributed by atoms with van der Waals surface area (Å²) in [5.74, 6) is 1.02. The van der Waals surface area contributed by atoms with Gasteiger partial charge in [0, 0.05) is 11.8 Å². The molecule has 0 aromatic carbocycles. The quantitative estimate of drug-likeness (QED) is 0.570. The van der Waals surface area contributed by atoms with Crippen LogP contribution in [-0.4, -0.2) is 40.4 Å². The summed E-state index contributed by atoms with van der Waals surface area (Å²) in [6.45, 7) is 5.60. The van der Waals surface area contributed by atoms with E-state index in [1.165, 1.54) is 18.6 Å². The van der Waals surface area contributed by atoms with Gasteiger partial charge >= 0.3 is 5.97 Å². The molecule has 17 heavy (non-hydrogen) atoms. The van der Waals surface area contributed by atoms with Gasteiger partial charge in [0.25, 0.3) is 0 Å². The standard InChI is InChI=1S/C12H19NO2S2/c1-3-15-11(14)8-10-13-6-4-5-7-16-12(13)9(2)17-10/h8-9,12H,3-7H2,1-2H3/b10-8-. The monoisotopic (exact) mass is 273 g/mol. The van der Waals surface area contributed by atoms with Crippen molar-refractivity contribution in [1.29, 1.82) is 0 Å². The predicted octanol–water partition coefficient (Wildman–Crippen LogP) is 2.68. The van der Waals surface area contributed by atoms with Crippen molar-refractivity contribution in [2.75, 3.05) is 18.9 Å². The van der Waals surface area contributed by atoms with Crippen LogP contribution in [0.4, 0.5) is 0 Å². The minimum atomic E-state index is -0.211. The van der Waals surface area contributed by atoms with Crippen molar-refractivity contribution in [2.24, 2.45) is 0 Å². The molecule has 0 aromatic heterocycles. The van der Waals surface area contributed by atoms with Gasteiger partial charge in [-0.1, -0.05) is 6.92 Å². The van der Waals surface area contributed by atoms with Crippen LogP contribution in [0.1, 0.15) is 26.7 Å². The lowest BCUT2D eigenvalue weighted by Gasteiger charge is -2.24. The van der Waals surface area contributed by atoms with Crippen molar-refractivity contribution in [3.05, 3.63) is 11.1 Å². The van der Waals surface area contributed by atoms with Crippen LogP contribution in [-0.2, 0) is 9.53 Å². The number of fused-ring (bicyclic) bond motifs is 1. The number of carbonyl (C=O) groups excluding carboxylic acids is 1. The summed E-state index contributed by atoms with van der Waals surface area (Å²) in [5.41, 5.74) is 0. The van der Waals surface area contributed by atoms with Crippen LogP contribution in [0, 0.1) is 0 Å². The van der Waals surface area contributed by atoms with E-state index < -0.39 is 0 Å². The SMILES string of the molecule is CCOC(=O)/C=C1\SC(C)C2SCCCCN12. The summed E-state index contributed by atoms with van der Waals surface area (Å²) in [6.07, 6.45) is 4.16. The molecular weight excluding hydrogens is 254 g/mol. The molecule has 0 N–H and O–H groups in total. The fourth-order valence-electron chi connectivity index (χ4n) is 2.15. The Morgan fingerprint density at radius 2 is 2.41 bits per heavy atom. The van der Waals surface area contributed by atoms with Crippen LogP contribution in [0.15, 0.2) is 11.1 Å². The van der Waals surface area contributed by atoms with Crippen LogP contribution in [0.5, 0.6) is 0 Å². The zero-order valence-electron chi connectivity index (χ0n) is 10.3. The second-order valence-corrected chi connectivity index (χ2v) is 6.84. The van der Waals surface area contributed by atoms with E-state index in [4.69, 9.17) is 4.74 Å². The van der Waals surface area contributed by atoms with Crippen molar-refractivity contribution >= 4 is 29.5 Å². The van der Waals surface area contributed by atoms with Crippen LogP contribution in [0.25, 0.3) is 0 Å². The topological polar surface area (TPSA) is 29.5 Å². The summed E-state index contributed by atoms with van der Waals surface area (Å²) >= 11 is 3.82. The molecule has 0 aromatic rings. The first-order chi connectivity index (χ1) is 8.22. The number of carbonyl (C=O) groups is 1. The Hall–Kier alpha value is -0.290. The van der Waals surface area contributed by atoms with Gasteiger partial charge in [-0.05, 0) is 25.5 Å². The molecular formula is C12H19NO2S2. The molecule has 3 nitrogen and oxygen atoms in total. The van der Waals surface area contributed by atoms with E-state index in [2.05, 4.69) is 11.8 Å². The first-order valence-corrected chi connectivity index (χ1v) is 8.08. The lowest BCUT2D eigenvalue weighted by Crippen LogP contribution is -2.30. The number of nitrogens with zero attached hydrogens (tertiary/aromatic N) is 1. The zero-order valence-corrected chi connectivity index (χ0v) is 12.0. The third kappa shape index (κ3) is 3.13. The highest BCUT2D eigenvalue weighted by atomic mass is 32.2. The maximum absolute atomic E-state index is 11.5. The highest BCUT2D eigenvalue weighted by molar-refractivity contribution is 8.06. The second-order valence-electron chi connectivity index (χ2n) is 4.22. The lowest BCUT2D eigenvalue weighted by molar-refractivity contribution is -0.137. The molecule has 2 aliphatic rings. The molecule has 5 heteroatoms. The molecule has 0 aliphatic carbocycles. The Morgan fingerprint density at radius 3 is 3.18 bits per heavy atom. The molecule has 2 fully saturated rings. The summed E-state index contributed by atoms with van der Waals surface area (Å²) in [7, 11) is 0. The Kier molecular flexibility index (Phi) is 4.68. The molecule has 0 radical (unpaired) electrons. The van der Waals surface area contributed by atoms with Crippen molar-refractivity contribution in [3.63, 3.8) is 0 Å². The molecule has 2 rings (SSSR count). The number of hydrogen-bond acceptors (Lipinski definition) is 5. The normalized spacial score (nSPS) is 31.2. The van der Waals surface area contributed by atoms with Crippen LogP contribution in [0.2, 0.25) is 0 Å². The van der Waals surface area contributed by atoms with Gasteiger partial charge in [-0.15, -0.1) is 23.5 Å². The second kappa shape index (κ2) is 6.05. The van der Waals surface area contributed by atoms with Crippen LogP contribution in [0.3, 0.4) is 0 Å². The van der Waals surface area contributed by atoms with E-state index in [0.717, 1.165) is 11.6 Å². The fraction of sp³-hybridized carbons (Fsp3) is 0.750. The van der Waals surface area contributed by atoms with Gasteiger partial charge in [-0.2, -0.15) is 0 Å². The van der Waals surface area contributed by atoms with Gasteiger partial charge < -0.3 is 9.64 Å². The maximum Gasteiger partial charge on any atom is 0.333 e. The van der Waals surface area contributed by atoms with E-state index >= 15 is 0 Å². The van der Waals surface area contributed by atoms with Gasteiger partial charge in [-0.25, -0.2) is 4.79 Å². The fourth-order valence-corrected chi connectivity index (χ4v) is 5.05. The highest BCUT2D eigenvalue weighted by Gasteiger charge is 2.36. The molecule has 2 heterocycles. The third-order valence-electron chi connectivity index (χ3n) is 2.91. The smallest absolute Gasteiger partial charge is 0.333 e. The van der Waals surface area contributed by atoms with Crippen LogP contribution < -0.4 is 0 Å². The van der Waals surface area contributed by atoms with E-state index in [0.29, 0.717) is 17.2 Å². The van der Waals surface area contributed by atoms with Crippen molar-refractivity contribution in [1.82, 2.24) is 4.90 Å². The van der Waals surface area contributed by atoms with E-state index in [1.54, 1.807) is 17.8 Å². The lowest BCUT2D eigenvalue weighted by atomic mass is 10.3. The van der Waals surface area contributed by atoms with Gasteiger partial charge in [0.1, 0.15) is 0 Å². The molecule has 2 saturated heterocycles. The number of thioether (sulfide) groups is 2. The maximum atomic E-state index is 11.5. The summed E-state index contributed by atoms with van der Waals surface area (Å²) in [6, 6.07) is 0. The molecule has 2 aliphatic heterocycles. The summed E-state index contributed by atoms with van der Waals surface area (Å²) < 4.78 is 4.99. The molecule has 96 valence electrons. The molecule has 2 unspecified atom stereocenters. The van der Waals surface area contributed by atoms with Crippen LogP contribution >= 0.6 is 23.5 Å². The third-order valence-corrected chi connectivity index (χ3v) is 5.83. The van der Waals surface area contributed by atoms with Gasteiger partial charge in [0.05, 0.1) is 23.1 Å². The Morgan fingerprint density at radius 1 is 1.59 bits per heavy atom. The number of esters is 1. The van der Waals surface area contributed by atoms with Crippen molar-refractivity contribution < 1.29 is 9.53 Å². The first-order valence-electron chi connectivity index (χ1n) is 6.15. The van der Waals surface area contributed by atoms with Crippen molar-refractivity contribution in [3.8, 4) is 0 Å². The predicted molar refractivity (Wildman–Crippen MR) is 74.0 cm³/mol.